The molecule has 60 heavy (non-hydrogen) atoms. The second-order valence-corrected chi connectivity index (χ2v) is 15.6. The number of carbonyl (C=O) groups is 3. The Bertz CT molecular complexity index is 2300. The van der Waals surface area contributed by atoms with Crippen molar-refractivity contribution in [3.63, 3.8) is 0 Å². The zero-order valence-electron chi connectivity index (χ0n) is 32.6. The van der Waals surface area contributed by atoms with Gasteiger partial charge in [-0.1, -0.05) is 0 Å². The van der Waals surface area contributed by atoms with Crippen molar-refractivity contribution < 1.29 is 31.9 Å². The molecule has 312 valence electrons. The summed E-state index contributed by atoms with van der Waals surface area (Å²) in [5.41, 5.74) is 1.86. The number of amides is 4. The number of hydrogen-bond acceptors (Lipinski definition) is 11. The smallest absolute Gasteiger partial charge is 0.369 e. The number of urea groups is 1. The number of benzene rings is 2. The van der Waals surface area contributed by atoms with Crippen molar-refractivity contribution in [2.24, 2.45) is 5.92 Å². The zero-order valence-corrected chi connectivity index (χ0v) is 32.6. The van der Waals surface area contributed by atoms with E-state index in [1.807, 2.05) is 24.3 Å². The number of nitriles is 1. The van der Waals surface area contributed by atoms with Gasteiger partial charge in [-0.25, -0.2) is 19.7 Å². The van der Waals surface area contributed by atoms with Gasteiger partial charge in [-0.05, 0) is 92.6 Å². The summed E-state index contributed by atoms with van der Waals surface area (Å²) in [6, 6.07) is 15.5. The van der Waals surface area contributed by atoms with Crippen molar-refractivity contribution in [1.82, 2.24) is 30.5 Å². The molecule has 14 nitrogen and oxygen atoms in total. The third-order valence-electron chi connectivity index (χ3n) is 11.8. The number of rotatable bonds is 9. The average molecular weight is 826 g/mol. The van der Waals surface area contributed by atoms with Crippen LogP contribution in [0, 0.1) is 23.2 Å². The number of carbonyl (C=O) groups excluding carboxylic acids is 3. The van der Waals surface area contributed by atoms with Crippen LogP contribution in [0.25, 0.3) is 0 Å². The van der Waals surface area contributed by atoms with Gasteiger partial charge in [-0.2, -0.15) is 22.8 Å². The first-order chi connectivity index (χ1) is 28.9. The molecule has 4 aromatic rings. The Morgan fingerprint density at radius 2 is 1.60 bits per heavy atom. The quantitative estimate of drug-likeness (QED) is 0.139. The van der Waals surface area contributed by atoms with E-state index in [1.54, 1.807) is 15.9 Å². The summed E-state index contributed by atoms with van der Waals surface area (Å²) < 4.78 is 56.1. The van der Waals surface area contributed by atoms with Crippen molar-refractivity contribution in [3.05, 3.63) is 94.8 Å². The van der Waals surface area contributed by atoms with Crippen LogP contribution in [0.4, 0.5) is 51.1 Å². The maximum Gasteiger partial charge on any atom is 0.417 e. The van der Waals surface area contributed by atoms with Gasteiger partial charge in [0.2, 0.25) is 11.9 Å². The van der Waals surface area contributed by atoms with Crippen LogP contribution < -0.4 is 30.7 Å². The van der Waals surface area contributed by atoms with Crippen molar-refractivity contribution in [2.75, 3.05) is 65.8 Å². The van der Waals surface area contributed by atoms with E-state index in [2.05, 4.69) is 40.7 Å². The molecule has 4 aliphatic rings. The van der Waals surface area contributed by atoms with E-state index in [0.717, 1.165) is 87.5 Å². The summed E-state index contributed by atoms with van der Waals surface area (Å²) in [6.45, 7) is 5.53. The fourth-order valence-corrected chi connectivity index (χ4v) is 8.50. The lowest BCUT2D eigenvalue weighted by atomic mass is 9.85. The summed E-state index contributed by atoms with van der Waals surface area (Å²) >= 11 is 0. The Morgan fingerprint density at radius 1 is 0.867 bits per heavy atom. The van der Waals surface area contributed by atoms with Gasteiger partial charge in [0.1, 0.15) is 18.0 Å². The van der Waals surface area contributed by atoms with E-state index in [0.29, 0.717) is 42.6 Å². The summed E-state index contributed by atoms with van der Waals surface area (Å²) in [5.74, 6) is -0.682. The highest BCUT2D eigenvalue weighted by atomic mass is 19.4. The highest BCUT2D eigenvalue weighted by molar-refractivity contribution is 6.05. The van der Waals surface area contributed by atoms with Crippen LogP contribution >= 0.6 is 0 Å². The number of piperazine rings is 1. The number of fused-ring (bicyclic) bond motifs is 1. The van der Waals surface area contributed by atoms with Crippen LogP contribution in [0.15, 0.2) is 60.9 Å². The molecule has 3 fully saturated rings. The topological polar surface area (TPSA) is 163 Å². The molecule has 3 N–H and O–H groups in total. The summed E-state index contributed by atoms with van der Waals surface area (Å²) in [4.78, 5) is 57.6. The van der Waals surface area contributed by atoms with E-state index in [-0.39, 0.29) is 36.3 Å². The van der Waals surface area contributed by atoms with Crippen molar-refractivity contribution in [1.29, 1.82) is 5.26 Å². The van der Waals surface area contributed by atoms with E-state index < -0.39 is 35.2 Å². The lowest BCUT2D eigenvalue weighted by Crippen LogP contribution is -2.49. The minimum atomic E-state index is -4.67. The first-order valence-corrected chi connectivity index (χ1v) is 20.0. The number of anilines is 5. The molecule has 0 unspecified atom stereocenters. The molecule has 4 amide bonds. The number of alkyl halides is 3. The third-order valence-corrected chi connectivity index (χ3v) is 11.8. The van der Waals surface area contributed by atoms with Gasteiger partial charge in [0.25, 0.3) is 5.91 Å². The second kappa shape index (κ2) is 17.1. The van der Waals surface area contributed by atoms with Gasteiger partial charge in [-0.3, -0.25) is 24.7 Å². The standard InChI is InChI=1S/C42H43F4N11O3/c43-38-33(11-12-36(51-38)52-39-32-13-15-56(24-35(32)48-25-49-39)31-6-3-27(22-47)34(21-31)42(44,45)46)40(59)50-28-4-1-26(2-5-28)23-54-17-19-55(20-18-54)29-7-9-30(10-8-29)57-16-14-37(58)53-41(57)60/h3,6-12,21,25-26,28H,1-2,4-5,13-20,23-24H2,(H,50,59)(H,53,58,60)(H,48,49,51,52). The van der Waals surface area contributed by atoms with Crippen LogP contribution in [0.1, 0.15) is 64.8 Å². The van der Waals surface area contributed by atoms with Gasteiger partial charge in [0.15, 0.2) is 0 Å². The normalized spacial score (nSPS) is 19.9. The molecule has 18 heteroatoms. The Balaban J connectivity index is 0.789. The third kappa shape index (κ3) is 8.95. The molecule has 0 spiro atoms. The zero-order chi connectivity index (χ0) is 42.0. The molecule has 2 aromatic heterocycles. The van der Waals surface area contributed by atoms with Crippen LogP contribution in [0.2, 0.25) is 0 Å². The maximum atomic E-state index is 15.3. The predicted octanol–water partition coefficient (Wildman–Crippen LogP) is 5.76. The summed E-state index contributed by atoms with van der Waals surface area (Å²) in [7, 11) is 0. The highest BCUT2D eigenvalue weighted by Gasteiger charge is 2.35. The van der Waals surface area contributed by atoms with Gasteiger partial charge in [-0.15, -0.1) is 0 Å². The fourth-order valence-electron chi connectivity index (χ4n) is 8.50. The van der Waals surface area contributed by atoms with Gasteiger partial charge < -0.3 is 20.4 Å². The molecule has 2 aromatic carbocycles. The number of aromatic nitrogens is 3. The van der Waals surface area contributed by atoms with Crippen molar-refractivity contribution >= 4 is 46.5 Å². The molecule has 1 saturated carbocycles. The number of nitrogens with zero attached hydrogens (tertiary/aromatic N) is 8. The van der Waals surface area contributed by atoms with Crippen molar-refractivity contribution in [3.8, 4) is 6.07 Å². The lowest BCUT2D eigenvalue weighted by molar-refractivity contribution is -0.137. The van der Waals surface area contributed by atoms with Crippen molar-refractivity contribution in [2.45, 2.75) is 57.3 Å². The molecule has 0 atom stereocenters. The molecular weight excluding hydrogens is 783 g/mol. The number of imide groups is 1. The number of halogens is 4. The van der Waals surface area contributed by atoms with Gasteiger partial charge in [0, 0.05) is 80.9 Å². The second-order valence-electron chi connectivity index (χ2n) is 15.6. The minimum absolute atomic E-state index is 0.0706. The first-order valence-electron chi connectivity index (χ1n) is 20.0. The number of pyridine rings is 1. The lowest BCUT2D eigenvalue weighted by Gasteiger charge is -2.39. The summed E-state index contributed by atoms with van der Waals surface area (Å²) in [5, 5.41) is 17.5. The van der Waals surface area contributed by atoms with Gasteiger partial charge >= 0.3 is 12.2 Å². The predicted molar refractivity (Wildman–Crippen MR) is 214 cm³/mol. The Kier molecular flexibility index (Phi) is 11.5. The molecule has 5 heterocycles. The number of nitrogens with one attached hydrogen (secondary N) is 3. The van der Waals surface area contributed by atoms with Crippen LogP contribution in [0.5, 0.6) is 0 Å². The molecular formula is C42H43F4N11O3. The molecule has 8 rings (SSSR count). The SMILES string of the molecule is N#Cc1ccc(N2CCc3c(ncnc3Nc3ccc(C(=O)NC4CCC(CN5CCN(c6ccc(N7CCC(=O)NC7=O)cc6)CC5)CC4)c(F)n3)C2)cc1C(F)(F)F. The highest BCUT2D eigenvalue weighted by Crippen LogP contribution is 2.36. The van der Waals surface area contributed by atoms with E-state index >= 15 is 4.39 Å². The fraction of sp³-hybridized carbons (Fsp3) is 0.405. The Hall–Kier alpha value is -6.35. The van der Waals surface area contributed by atoms with E-state index in [9.17, 15) is 27.6 Å². The average Bonchev–Trinajstić information content (AvgIpc) is 3.24. The monoisotopic (exact) mass is 825 g/mol. The number of hydrogen-bond donors (Lipinski definition) is 3. The molecule has 3 aliphatic heterocycles. The van der Waals surface area contributed by atoms with Crippen LogP contribution in [-0.2, 0) is 23.9 Å². The molecule has 2 saturated heterocycles. The molecule has 0 bridgehead atoms. The minimum Gasteiger partial charge on any atom is -0.369 e. The van der Waals surface area contributed by atoms with Crippen LogP contribution in [0.3, 0.4) is 0 Å². The Morgan fingerprint density at radius 3 is 2.30 bits per heavy atom. The van der Waals surface area contributed by atoms with Crippen LogP contribution in [-0.4, -0.2) is 89.6 Å². The summed E-state index contributed by atoms with van der Waals surface area (Å²) in [6.07, 6.45) is 0.804. The largest absolute Gasteiger partial charge is 0.417 e. The van der Waals surface area contributed by atoms with Gasteiger partial charge in [0.05, 0.1) is 35.0 Å². The maximum absolute atomic E-state index is 15.3. The first kappa shape index (κ1) is 40.4. The molecule has 1 aliphatic carbocycles. The Labute approximate surface area is 343 Å². The van der Waals surface area contributed by atoms with E-state index in [1.165, 1.54) is 24.5 Å². The molecule has 0 radical (unpaired) electrons. The van der Waals surface area contributed by atoms with E-state index in [4.69, 9.17) is 5.26 Å².